The molecule has 1 N–H and O–H groups in total. The van der Waals surface area contributed by atoms with E-state index in [0.29, 0.717) is 34.2 Å². The Balaban J connectivity index is 2.11. The molecule has 0 atom stereocenters. The molecule has 2 aromatic carbocycles. The molecule has 0 spiro atoms. The predicted molar refractivity (Wildman–Crippen MR) is 83.2 cm³/mol. The van der Waals surface area contributed by atoms with Gasteiger partial charge in [0.25, 0.3) is 5.60 Å². The number of para-hydroxylation sites is 1. The summed E-state index contributed by atoms with van der Waals surface area (Å²) >= 11 is 0. The molecule has 0 bridgehead atoms. The van der Waals surface area contributed by atoms with Crippen LogP contribution in [0.4, 0.5) is 26.3 Å². The average molecular weight is 371 g/mol. The van der Waals surface area contributed by atoms with Gasteiger partial charge in [0.05, 0.1) is 5.52 Å². The molecule has 1 heterocycles. The molecule has 0 amide bonds. The molecule has 136 valence electrons. The minimum atomic E-state index is -5.91. The van der Waals surface area contributed by atoms with Crippen LogP contribution in [0.5, 0.6) is 0 Å². The Kier molecular flexibility index (Phi) is 4.18. The monoisotopic (exact) mass is 371 g/mol. The number of aliphatic hydroxyl groups is 1. The second kappa shape index (κ2) is 5.98. The van der Waals surface area contributed by atoms with Crippen LogP contribution in [0.1, 0.15) is 5.56 Å². The van der Waals surface area contributed by atoms with Gasteiger partial charge in [-0.3, -0.25) is 4.98 Å². The Morgan fingerprint density at radius 2 is 1.31 bits per heavy atom. The Labute approximate surface area is 143 Å². The second-order valence-corrected chi connectivity index (χ2v) is 5.66. The van der Waals surface area contributed by atoms with E-state index < -0.39 is 23.5 Å². The lowest BCUT2D eigenvalue weighted by molar-refractivity contribution is -0.376. The third kappa shape index (κ3) is 2.80. The number of pyridine rings is 1. The number of hydrogen-bond donors (Lipinski definition) is 1. The molecule has 8 heteroatoms. The quantitative estimate of drug-likeness (QED) is 0.627. The topological polar surface area (TPSA) is 33.1 Å². The van der Waals surface area contributed by atoms with E-state index in [4.69, 9.17) is 0 Å². The fourth-order valence-corrected chi connectivity index (χ4v) is 2.73. The molecule has 0 radical (unpaired) electrons. The molecule has 0 fully saturated rings. The minimum absolute atomic E-state index is 0.402. The molecule has 0 aliphatic rings. The maximum atomic E-state index is 12.9. The number of halogens is 6. The summed E-state index contributed by atoms with van der Waals surface area (Å²) in [6.45, 7) is 0. The molecule has 0 aliphatic heterocycles. The summed E-state index contributed by atoms with van der Waals surface area (Å²) in [6, 6.07) is 12.1. The maximum absolute atomic E-state index is 12.9. The van der Waals surface area contributed by atoms with Gasteiger partial charge < -0.3 is 5.11 Å². The summed E-state index contributed by atoms with van der Waals surface area (Å²) in [7, 11) is 0. The van der Waals surface area contributed by atoms with Gasteiger partial charge in [0.1, 0.15) is 0 Å². The zero-order chi connectivity index (χ0) is 19.2. The highest BCUT2D eigenvalue weighted by Crippen LogP contribution is 2.50. The Bertz CT molecular complexity index is 912. The molecule has 0 unspecified atom stereocenters. The van der Waals surface area contributed by atoms with Crippen LogP contribution in [0.15, 0.2) is 60.8 Å². The smallest absolute Gasteiger partial charge is 0.369 e. The van der Waals surface area contributed by atoms with Gasteiger partial charge in [-0.2, -0.15) is 26.3 Å². The van der Waals surface area contributed by atoms with Gasteiger partial charge in [-0.05, 0) is 23.3 Å². The van der Waals surface area contributed by atoms with Crippen molar-refractivity contribution in [2.24, 2.45) is 0 Å². The molecular weight excluding hydrogens is 360 g/mol. The molecule has 3 aromatic rings. The Morgan fingerprint density at radius 3 is 1.88 bits per heavy atom. The van der Waals surface area contributed by atoms with Crippen molar-refractivity contribution >= 4 is 10.9 Å². The first kappa shape index (κ1) is 18.2. The summed E-state index contributed by atoms with van der Waals surface area (Å²) in [6.07, 6.45) is -10.3. The van der Waals surface area contributed by atoms with Gasteiger partial charge in [0, 0.05) is 17.1 Å². The standard InChI is InChI=1S/C18H11F6NO/c19-17(20,21)16(26,18(22,23)24)12-7-5-11(6-8-12)13-9-10-25-15-4-2-1-3-14(13)15/h1-10,26H. The van der Waals surface area contributed by atoms with Gasteiger partial charge in [0.15, 0.2) is 0 Å². The first-order valence-electron chi connectivity index (χ1n) is 7.36. The van der Waals surface area contributed by atoms with Crippen molar-refractivity contribution in [2.45, 2.75) is 18.0 Å². The number of nitrogens with zero attached hydrogens (tertiary/aromatic N) is 1. The van der Waals surface area contributed by atoms with Gasteiger partial charge in [-0.1, -0.05) is 42.5 Å². The minimum Gasteiger partial charge on any atom is -0.369 e. The van der Waals surface area contributed by atoms with E-state index in [2.05, 4.69) is 4.98 Å². The highest BCUT2D eigenvalue weighted by Gasteiger charge is 2.71. The fraction of sp³-hybridized carbons (Fsp3) is 0.167. The first-order chi connectivity index (χ1) is 12.1. The lowest BCUT2D eigenvalue weighted by Gasteiger charge is -2.32. The van der Waals surface area contributed by atoms with Crippen LogP contribution in [-0.2, 0) is 5.60 Å². The van der Waals surface area contributed by atoms with E-state index in [1.165, 1.54) is 6.20 Å². The summed E-state index contributed by atoms with van der Waals surface area (Å²) < 4.78 is 77.6. The number of alkyl halides is 6. The van der Waals surface area contributed by atoms with E-state index in [1.807, 2.05) is 0 Å². The molecule has 1 aromatic heterocycles. The van der Waals surface area contributed by atoms with Crippen LogP contribution in [0.3, 0.4) is 0 Å². The van der Waals surface area contributed by atoms with E-state index in [1.54, 1.807) is 30.3 Å². The van der Waals surface area contributed by atoms with Crippen LogP contribution < -0.4 is 0 Å². The molecular formula is C18H11F6NO. The molecule has 0 saturated heterocycles. The molecule has 3 rings (SSSR count). The van der Waals surface area contributed by atoms with Crippen LogP contribution >= 0.6 is 0 Å². The Morgan fingerprint density at radius 1 is 0.731 bits per heavy atom. The van der Waals surface area contributed by atoms with E-state index >= 15 is 0 Å². The lowest BCUT2D eigenvalue weighted by atomic mass is 9.90. The van der Waals surface area contributed by atoms with Gasteiger partial charge >= 0.3 is 12.4 Å². The van der Waals surface area contributed by atoms with Gasteiger partial charge in [-0.25, -0.2) is 0 Å². The zero-order valence-corrected chi connectivity index (χ0v) is 12.9. The maximum Gasteiger partial charge on any atom is 0.430 e. The number of hydrogen-bond acceptors (Lipinski definition) is 2. The predicted octanol–water partition coefficient (Wildman–Crippen LogP) is 5.21. The SMILES string of the molecule is OC(c1ccc(-c2ccnc3ccccc23)cc1)(C(F)(F)F)C(F)(F)F. The highest BCUT2D eigenvalue weighted by molar-refractivity contribution is 5.94. The van der Waals surface area contributed by atoms with E-state index in [0.717, 1.165) is 12.1 Å². The van der Waals surface area contributed by atoms with Crippen LogP contribution in [0, 0.1) is 0 Å². The summed E-state index contributed by atoms with van der Waals surface area (Å²) in [4.78, 5) is 4.15. The number of fused-ring (bicyclic) bond motifs is 1. The van der Waals surface area contributed by atoms with Crippen molar-refractivity contribution in [3.05, 3.63) is 66.4 Å². The van der Waals surface area contributed by atoms with Gasteiger partial charge in [-0.15, -0.1) is 0 Å². The summed E-state index contributed by atoms with van der Waals surface area (Å²) in [5.41, 5.74) is -4.58. The summed E-state index contributed by atoms with van der Waals surface area (Å²) in [5.74, 6) is 0. The van der Waals surface area contributed by atoms with Crippen molar-refractivity contribution in [1.82, 2.24) is 4.98 Å². The normalized spacial score (nSPS) is 13.2. The van der Waals surface area contributed by atoms with Crippen LogP contribution in [0.25, 0.3) is 22.0 Å². The second-order valence-electron chi connectivity index (χ2n) is 5.66. The fourth-order valence-electron chi connectivity index (χ4n) is 2.73. The van der Waals surface area contributed by atoms with Crippen molar-refractivity contribution < 1.29 is 31.4 Å². The lowest BCUT2D eigenvalue weighted by Crippen LogP contribution is -2.53. The van der Waals surface area contributed by atoms with Crippen molar-refractivity contribution in [3.63, 3.8) is 0 Å². The van der Waals surface area contributed by atoms with Crippen molar-refractivity contribution in [1.29, 1.82) is 0 Å². The molecule has 0 aliphatic carbocycles. The average Bonchev–Trinajstić information content (AvgIpc) is 2.59. The van der Waals surface area contributed by atoms with E-state index in [-0.39, 0.29) is 0 Å². The zero-order valence-electron chi connectivity index (χ0n) is 12.9. The van der Waals surface area contributed by atoms with Gasteiger partial charge in [0.2, 0.25) is 0 Å². The highest BCUT2D eigenvalue weighted by atomic mass is 19.4. The van der Waals surface area contributed by atoms with E-state index in [9.17, 15) is 31.4 Å². The third-order valence-electron chi connectivity index (χ3n) is 4.08. The van der Waals surface area contributed by atoms with Crippen LogP contribution in [-0.4, -0.2) is 22.4 Å². The largest absolute Gasteiger partial charge is 0.430 e. The molecule has 26 heavy (non-hydrogen) atoms. The molecule has 2 nitrogen and oxygen atoms in total. The Hall–Kier alpha value is -2.61. The number of rotatable bonds is 2. The number of aromatic nitrogens is 1. The van der Waals surface area contributed by atoms with Crippen molar-refractivity contribution in [2.75, 3.05) is 0 Å². The first-order valence-corrected chi connectivity index (χ1v) is 7.36. The molecule has 0 saturated carbocycles. The summed E-state index contributed by atoms with van der Waals surface area (Å²) in [5, 5.41) is 10.1. The van der Waals surface area contributed by atoms with Crippen molar-refractivity contribution in [3.8, 4) is 11.1 Å². The van der Waals surface area contributed by atoms with Crippen LogP contribution in [0.2, 0.25) is 0 Å². The number of benzene rings is 2. The third-order valence-corrected chi connectivity index (χ3v) is 4.08.